The fraction of sp³-hybridized carbons (Fsp3) is 0.724. The summed E-state index contributed by atoms with van der Waals surface area (Å²) in [4.78, 5) is 25.7. The van der Waals surface area contributed by atoms with E-state index >= 15 is 0 Å². The van der Waals surface area contributed by atoms with Gasteiger partial charge in [0.15, 0.2) is 0 Å². The number of hydrogen-bond acceptors (Lipinski definition) is 2. The summed E-state index contributed by atoms with van der Waals surface area (Å²) in [6.07, 6.45) is 16.8. The zero-order valence-electron chi connectivity index (χ0n) is 19.6. The molecule has 1 aromatic carbocycles. The Kier molecular flexibility index (Phi) is 8.02. The topological polar surface area (TPSA) is 34.1 Å². The Morgan fingerprint density at radius 3 is 2.19 bits per heavy atom. The van der Waals surface area contributed by atoms with E-state index in [1.54, 1.807) is 0 Å². The van der Waals surface area contributed by atoms with Crippen LogP contribution in [0.3, 0.4) is 0 Å². The van der Waals surface area contributed by atoms with Crippen LogP contribution in [0.25, 0.3) is 0 Å². The number of ketones is 2. The molecule has 1 aromatic rings. The number of carbonyl (C=O) groups excluding carboxylic acids is 2. The zero-order valence-corrected chi connectivity index (χ0v) is 19.6. The van der Waals surface area contributed by atoms with Gasteiger partial charge >= 0.3 is 0 Å². The van der Waals surface area contributed by atoms with E-state index in [2.05, 4.69) is 31.2 Å². The summed E-state index contributed by atoms with van der Waals surface area (Å²) >= 11 is 0. The second-order valence-electron chi connectivity index (χ2n) is 11.0. The summed E-state index contributed by atoms with van der Waals surface area (Å²) in [5, 5.41) is 0. The second-order valence-corrected chi connectivity index (χ2v) is 11.0. The second kappa shape index (κ2) is 10.9. The third-order valence-corrected chi connectivity index (χ3v) is 8.90. The first-order valence-electron chi connectivity index (χ1n) is 13.2. The number of fused-ring (bicyclic) bond motifs is 1. The smallest absolute Gasteiger partial charge is 0.143 e. The van der Waals surface area contributed by atoms with Crippen LogP contribution < -0.4 is 0 Å². The molecule has 3 fully saturated rings. The van der Waals surface area contributed by atoms with E-state index in [9.17, 15) is 9.59 Å². The first-order valence-corrected chi connectivity index (χ1v) is 13.2. The van der Waals surface area contributed by atoms with E-state index < -0.39 is 0 Å². The molecule has 3 aliphatic rings. The minimum absolute atomic E-state index is 0.161. The quantitative estimate of drug-likeness (QED) is 0.350. The lowest BCUT2D eigenvalue weighted by Crippen LogP contribution is -2.19. The molecule has 0 bridgehead atoms. The van der Waals surface area contributed by atoms with Gasteiger partial charge in [0.1, 0.15) is 11.6 Å². The third-order valence-electron chi connectivity index (χ3n) is 8.90. The van der Waals surface area contributed by atoms with Gasteiger partial charge in [-0.15, -0.1) is 0 Å². The standard InChI is InChI=1S/C29H42O2/c1-21-7-2-5-12-28(21)25-11-6-8-22(13-14-25)19-27(30)20-29(31)26-17-15-23-9-3-4-10-24(23)16-18-26/h2,5,7,12,22-26H,3-4,6,8-11,13-20H2,1H3. The minimum Gasteiger partial charge on any atom is -0.299 e. The van der Waals surface area contributed by atoms with Crippen LogP contribution in [0, 0.1) is 30.6 Å². The summed E-state index contributed by atoms with van der Waals surface area (Å²) in [5.74, 6) is 3.46. The van der Waals surface area contributed by atoms with Crippen molar-refractivity contribution in [3.05, 3.63) is 35.4 Å². The Morgan fingerprint density at radius 1 is 0.774 bits per heavy atom. The van der Waals surface area contributed by atoms with Gasteiger partial charge in [0, 0.05) is 12.3 Å². The lowest BCUT2D eigenvalue weighted by atomic mass is 9.77. The van der Waals surface area contributed by atoms with Gasteiger partial charge in [0.25, 0.3) is 0 Å². The number of hydrogen-bond donors (Lipinski definition) is 0. The Balaban J connectivity index is 1.24. The molecule has 2 nitrogen and oxygen atoms in total. The molecule has 3 aliphatic carbocycles. The number of rotatable bonds is 6. The van der Waals surface area contributed by atoms with Gasteiger partial charge in [-0.05, 0) is 86.7 Å². The van der Waals surface area contributed by atoms with Gasteiger partial charge in [-0.25, -0.2) is 0 Å². The first-order chi connectivity index (χ1) is 15.1. The van der Waals surface area contributed by atoms with E-state index in [1.165, 1.54) is 68.9 Å². The Hall–Kier alpha value is -1.44. The van der Waals surface area contributed by atoms with Gasteiger partial charge in [0.05, 0.1) is 6.42 Å². The molecule has 0 spiro atoms. The van der Waals surface area contributed by atoms with Crippen LogP contribution in [0.4, 0.5) is 0 Å². The Bertz CT molecular complexity index is 735. The fourth-order valence-electron chi connectivity index (χ4n) is 7.01. The molecule has 4 atom stereocenters. The van der Waals surface area contributed by atoms with Crippen LogP contribution in [0.1, 0.15) is 113 Å². The Morgan fingerprint density at radius 2 is 1.48 bits per heavy atom. The summed E-state index contributed by atoms with van der Waals surface area (Å²) < 4.78 is 0. The number of Topliss-reactive ketones (excluding diaryl/α,β-unsaturated/α-hetero) is 2. The monoisotopic (exact) mass is 422 g/mol. The molecular formula is C29H42O2. The molecule has 3 saturated carbocycles. The Labute approximate surface area is 189 Å². The van der Waals surface area contributed by atoms with Crippen molar-refractivity contribution in [3.63, 3.8) is 0 Å². The van der Waals surface area contributed by atoms with E-state index in [-0.39, 0.29) is 23.9 Å². The van der Waals surface area contributed by atoms with Gasteiger partial charge in [0.2, 0.25) is 0 Å². The average Bonchev–Trinajstić information content (AvgIpc) is 3.13. The van der Waals surface area contributed by atoms with Crippen molar-refractivity contribution < 1.29 is 9.59 Å². The molecular weight excluding hydrogens is 380 g/mol. The van der Waals surface area contributed by atoms with Gasteiger partial charge in [-0.3, -0.25) is 9.59 Å². The average molecular weight is 423 g/mol. The van der Waals surface area contributed by atoms with Gasteiger partial charge in [-0.2, -0.15) is 0 Å². The molecule has 0 amide bonds. The van der Waals surface area contributed by atoms with E-state index in [1.807, 2.05) is 0 Å². The van der Waals surface area contributed by atoms with E-state index in [0.717, 1.165) is 37.5 Å². The van der Waals surface area contributed by atoms with Crippen molar-refractivity contribution in [2.45, 2.75) is 109 Å². The predicted octanol–water partition coefficient (Wildman–Crippen LogP) is 7.57. The van der Waals surface area contributed by atoms with Crippen molar-refractivity contribution >= 4 is 11.6 Å². The molecule has 0 radical (unpaired) electrons. The van der Waals surface area contributed by atoms with Crippen molar-refractivity contribution in [2.24, 2.45) is 23.7 Å². The van der Waals surface area contributed by atoms with Crippen LogP contribution in [0.15, 0.2) is 24.3 Å². The van der Waals surface area contributed by atoms with Crippen LogP contribution in [0.2, 0.25) is 0 Å². The molecule has 31 heavy (non-hydrogen) atoms. The molecule has 2 heteroatoms. The lowest BCUT2D eigenvalue weighted by molar-refractivity contribution is -0.130. The summed E-state index contributed by atoms with van der Waals surface area (Å²) in [6, 6.07) is 8.78. The highest BCUT2D eigenvalue weighted by atomic mass is 16.1. The van der Waals surface area contributed by atoms with Crippen molar-refractivity contribution in [1.82, 2.24) is 0 Å². The molecule has 0 aromatic heterocycles. The first kappa shape index (κ1) is 22.7. The van der Waals surface area contributed by atoms with Crippen molar-refractivity contribution in [2.75, 3.05) is 0 Å². The van der Waals surface area contributed by atoms with Crippen LogP contribution in [-0.4, -0.2) is 11.6 Å². The highest BCUT2D eigenvalue weighted by Crippen LogP contribution is 2.41. The summed E-state index contributed by atoms with van der Waals surface area (Å²) in [6.45, 7) is 2.22. The predicted molar refractivity (Wildman–Crippen MR) is 127 cm³/mol. The number of benzene rings is 1. The summed E-state index contributed by atoms with van der Waals surface area (Å²) in [5.41, 5.74) is 2.90. The maximum absolute atomic E-state index is 12.9. The molecule has 0 saturated heterocycles. The zero-order chi connectivity index (χ0) is 21.6. The van der Waals surface area contributed by atoms with Gasteiger partial charge in [-0.1, -0.05) is 62.8 Å². The molecule has 0 N–H and O–H groups in total. The minimum atomic E-state index is 0.161. The van der Waals surface area contributed by atoms with Crippen LogP contribution in [0.5, 0.6) is 0 Å². The maximum atomic E-state index is 12.9. The number of carbonyl (C=O) groups is 2. The fourth-order valence-corrected chi connectivity index (χ4v) is 7.01. The maximum Gasteiger partial charge on any atom is 0.143 e. The number of aryl methyl sites for hydroxylation is 1. The molecule has 4 unspecified atom stereocenters. The summed E-state index contributed by atoms with van der Waals surface area (Å²) in [7, 11) is 0. The highest BCUT2D eigenvalue weighted by Gasteiger charge is 2.32. The third kappa shape index (κ3) is 6.08. The van der Waals surface area contributed by atoms with E-state index in [4.69, 9.17) is 0 Å². The largest absolute Gasteiger partial charge is 0.299 e. The highest BCUT2D eigenvalue weighted by molar-refractivity contribution is 6.00. The van der Waals surface area contributed by atoms with Crippen LogP contribution >= 0.6 is 0 Å². The van der Waals surface area contributed by atoms with Crippen LogP contribution in [-0.2, 0) is 9.59 Å². The molecule has 4 rings (SSSR count). The van der Waals surface area contributed by atoms with Gasteiger partial charge < -0.3 is 0 Å². The molecule has 170 valence electrons. The van der Waals surface area contributed by atoms with Crippen molar-refractivity contribution in [3.8, 4) is 0 Å². The molecule has 0 heterocycles. The van der Waals surface area contributed by atoms with E-state index in [0.29, 0.717) is 18.3 Å². The molecule has 0 aliphatic heterocycles. The van der Waals surface area contributed by atoms with Crippen molar-refractivity contribution in [1.29, 1.82) is 0 Å². The SMILES string of the molecule is Cc1ccccc1C1CCCC(CC(=O)CC(=O)C2CCC3CCCCC3CC2)CC1. The lowest BCUT2D eigenvalue weighted by Gasteiger charge is -2.29. The normalized spacial score (nSPS) is 31.8.